The Morgan fingerprint density at radius 1 is 1.11 bits per heavy atom. The number of rotatable bonds is 7. The quantitative estimate of drug-likeness (QED) is 0.560. The average Bonchev–Trinajstić information content (AvgIpc) is 2.72. The summed E-state index contributed by atoms with van der Waals surface area (Å²) in [6, 6.07) is 8.53. The lowest BCUT2D eigenvalue weighted by atomic mass is 9.93. The molecule has 1 aliphatic heterocycles. The fourth-order valence-corrected chi connectivity index (χ4v) is 3.41. The Morgan fingerprint density at radius 3 is 2.64 bits per heavy atom. The van der Waals surface area contributed by atoms with Crippen molar-refractivity contribution in [1.29, 1.82) is 0 Å². The standard InChI is InChI=1S/C21H21NO6/c23-11-14-5-3-6-15(20(14)26)21(27)17-7-1-2-10-22(17)13-28-19-9-4-8-18(25)16(19)12-24/h3-6,8-9,11-12,17,25-26H,1-2,7,10,13H2/t17-/m1/s1. The zero-order valence-corrected chi connectivity index (χ0v) is 15.2. The van der Waals surface area contributed by atoms with Crippen molar-refractivity contribution in [3.63, 3.8) is 0 Å². The number of piperidine rings is 1. The predicted molar refractivity (Wildman–Crippen MR) is 101 cm³/mol. The number of Topliss-reactive ketones (excluding diaryl/α,β-unsaturated/α-hetero) is 1. The molecule has 1 saturated heterocycles. The number of aldehydes is 2. The summed E-state index contributed by atoms with van der Waals surface area (Å²) in [6.07, 6.45) is 3.36. The van der Waals surface area contributed by atoms with Crippen LogP contribution in [-0.4, -0.2) is 52.8 Å². The Labute approximate surface area is 162 Å². The molecular formula is C21H21NO6. The lowest BCUT2D eigenvalue weighted by molar-refractivity contribution is 0.0460. The van der Waals surface area contributed by atoms with Gasteiger partial charge in [-0.05, 0) is 37.1 Å². The van der Waals surface area contributed by atoms with Crippen LogP contribution < -0.4 is 4.74 Å². The molecule has 0 saturated carbocycles. The molecule has 0 unspecified atom stereocenters. The van der Waals surface area contributed by atoms with Crippen LogP contribution >= 0.6 is 0 Å². The third kappa shape index (κ3) is 3.89. The highest BCUT2D eigenvalue weighted by atomic mass is 16.5. The minimum absolute atomic E-state index is 0.0504. The summed E-state index contributed by atoms with van der Waals surface area (Å²) in [5.41, 5.74) is 0.228. The fourth-order valence-electron chi connectivity index (χ4n) is 3.41. The number of benzene rings is 2. The van der Waals surface area contributed by atoms with Crippen LogP contribution in [-0.2, 0) is 0 Å². The van der Waals surface area contributed by atoms with E-state index >= 15 is 0 Å². The number of likely N-dealkylation sites (tertiary alicyclic amines) is 1. The molecule has 7 nitrogen and oxygen atoms in total. The van der Waals surface area contributed by atoms with Gasteiger partial charge in [0.15, 0.2) is 18.4 Å². The van der Waals surface area contributed by atoms with Gasteiger partial charge in [-0.3, -0.25) is 19.3 Å². The number of hydrogen-bond acceptors (Lipinski definition) is 7. The van der Waals surface area contributed by atoms with Crippen LogP contribution in [0, 0.1) is 0 Å². The van der Waals surface area contributed by atoms with Crippen LogP contribution in [0.1, 0.15) is 50.3 Å². The molecule has 0 aromatic heterocycles. The SMILES string of the molecule is O=Cc1cccc(C(=O)[C@H]2CCCCN2COc2cccc(O)c2C=O)c1O. The Bertz CT molecular complexity index is 894. The van der Waals surface area contributed by atoms with Gasteiger partial charge in [0.2, 0.25) is 0 Å². The number of carbonyl (C=O) groups excluding carboxylic acids is 3. The van der Waals surface area contributed by atoms with E-state index in [9.17, 15) is 24.6 Å². The van der Waals surface area contributed by atoms with Crippen molar-refractivity contribution in [2.24, 2.45) is 0 Å². The topological polar surface area (TPSA) is 104 Å². The van der Waals surface area contributed by atoms with Crippen molar-refractivity contribution in [2.45, 2.75) is 25.3 Å². The summed E-state index contributed by atoms with van der Waals surface area (Å²) >= 11 is 0. The Kier molecular flexibility index (Phi) is 6.06. The molecule has 1 fully saturated rings. The first-order valence-electron chi connectivity index (χ1n) is 9.02. The van der Waals surface area contributed by atoms with E-state index in [4.69, 9.17) is 4.74 Å². The number of carbonyl (C=O) groups is 3. The molecule has 0 bridgehead atoms. The molecule has 1 aliphatic rings. The van der Waals surface area contributed by atoms with Gasteiger partial charge in [0, 0.05) is 6.54 Å². The van der Waals surface area contributed by atoms with Crippen molar-refractivity contribution in [1.82, 2.24) is 4.90 Å². The normalized spacial score (nSPS) is 17.1. The van der Waals surface area contributed by atoms with Crippen LogP contribution in [0.2, 0.25) is 0 Å². The molecule has 2 aromatic rings. The molecule has 0 spiro atoms. The van der Waals surface area contributed by atoms with E-state index < -0.39 is 6.04 Å². The van der Waals surface area contributed by atoms with Crippen LogP contribution in [0.15, 0.2) is 36.4 Å². The van der Waals surface area contributed by atoms with E-state index in [0.717, 1.165) is 12.8 Å². The van der Waals surface area contributed by atoms with Gasteiger partial charge in [0.05, 0.1) is 22.7 Å². The lowest BCUT2D eigenvalue weighted by Crippen LogP contribution is -2.46. The smallest absolute Gasteiger partial charge is 0.183 e. The van der Waals surface area contributed by atoms with Gasteiger partial charge in [0.25, 0.3) is 0 Å². The van der Waals surface area contributed by atoms with E-state index in [1.165, 1.54) is 18.2 Å². The Hall–Kier alpha value is -3.19. The zero-order valence-electron chi connectivity index (χ0n) is 15.2. The van der Waals surface area contributed by atoms with Gasteiger partial charge in [-0.15, -0.1) is 0 Å². The van der Waals surface area contributed by atoms with Gasteiger partial charge in [-0.25, -0.2) is 0 Å². The summed E-state index contributed by atoms with van der Waals surface area (Å²) in [6.45, 7) is 0.661. The monoisotopic (exact) mass is 383 g/mol. The van der Waals surface area contributed by atoms with E-state index in [0.29, 0.717) is 25.5 Å². The van der Waals surface area contributed by atoms with Crippen molar-refractivity contribution < 1.29 is 29.3 Å². The van der Waals surface area contributed by atoms with E-state index in [1.54, 1.807) is 18.2 Å². The predicted octanol–water partition coefficient (Wildman–Crippen LogP) is 2.80. The third-order valence-corrected chi connectivity index (χ3v) is 4.92. The minimum Gasteiger partial charge on any atom is -0.507 e. The van der Waals surface area contributed by atoms with Gasteiger partial charge in [-0.1, -0.05) is 18.6 Å². The second-order valence-electron chi connectivity index (χ2n) is 6.63. The van der Waals surface area contributed by atoms with Crippen LogP contribution in [0.4, 0.5) is 0 Å². The van der Waals surface area contributed by atoms with Gasteiger partial charge < -0.3 is 14.9 Å². The third-order valence-electron chi connectivity index (χ3n) is 4.92. The number of ether oxygens (including phenoxy) is 1. The van der Waals surface area contributed by atoms with Gasteiger partial charge in [0.1, 0.15) is 24.0 Å². The maximum atomic E-state index is 13.0. The summed E-state index contributed by atoms with van der Waals surface area (Å²) in [4.78, 5) is 37.1. The first-order chi connectivity index (χ1) is 13.6. The first kappa shape index (κ1) is 19.6. The summed E-state index contributed by atoms with van der Waals surface area (Å²) < 4.78 is 5.70. The van der Waals surface area contributed by atoms with Gasteiger partial charge >= 0.3 is 0 Å². The summed E-state index contributed by atoms with van der Waals surface area (Å²) in [7, 11) is 0. The van der Waals surface area contributed by atoms with E-state index in [2.05, 4.69) is 0 Å². The number of aromatic hydroxyl groups is 2. The molecule has 7 heteroatoms. The summed E-state index contributed by atoms with van der Waals surface area (Å²) in [5, 5.41) is 20.0. The molecule has 28 heavy (non-hydrogen) atoms. The van der Waals surface area contributed by atoms with Gasteiger partial charge in [-0.2, -0.15) is 0 Å². The van der Waals surface area contributed by atoms with Crippen molar-refractivity contribution in [3.8, 4) is 17.2 Å². The van der Waals surface area contributed by atoms with Crippen LogP contribution in [0.25, 0.3) is 0 Å². The molecule has 0 radical (unpaired) electrons. The molecule has 146 valence electrons. The number of phenols is 2. The highest BCUT2D eigenvalue weighted by Crippen LogP contribution is 2.29. The molecule has 2 N–H and O–H groups in total. The van der Waals surface area contributed by atoms with Crippen LogP contribution in [0.5, 0.6) is 17.2 Å². The number of para-hydroxylation sites is 1. The fraction of sp³-hybridized carbons (Fsp3) is 0.286. The average molecular weight is 383 g/mol. The molecule has 0 aliphatic carbocycles. The largest absolute Gasteiger partial charge is 0.507 e. The minimum atomic E-state index is -0.515. The second-order valence-corrected chi connectivity index (χ2v) is 6.63. The maximum Gasteiger partial charge on any atom is 0.183 e. The number of hydrogen-bond donors (Lipinski definition) is 2. The van der Waals surface area contributed by atoms with E-state index in [-0.39, 0.29) is 46.5 Å². The number of phenolic OH excluding ortho intramolecular Hbond substituents is 2. The molecule has 1 atom stereocenters. The van der Waals surface area contributed by atoms with Crippen LogP contribution in [0.3, 0.4) is 0 Å². The van der Waals surface area contributed by atoms with Crippen molar-refractivity contribution in [3.05, 3.63) is 53.1 Å². The lowest BCUT2D eigenvalue weighted by Gasteiger charge is -2.34. The second kappa shape index (κ2) is 8.67. The number of nitrogens with zero attached hydrogens (tertiary/aromatic N) is 1. The molecule has 0 amide bonds. The Balaban J connectivity index is 1.80. The highest BCUT2D eigenvalue weighted by Gasteiger charge is 2.31. The zero-order chi connectivity index (χ0) is 20.1. The van der Waals surface area contributed by atoms with Crippen molar-refractivity contribution in [2.75, 3.05) is 13.3 Å². The first-order valence-corrected chi connectivity index (χ1v) is 9.02. The maximum absolute atomic E-state index is 13.0. The number of ketones is 1. The Morgan fingerprint density at radius 2 is 1.89 bits per heavy atom. The molecule has 1 heterocycles. The molecule has 3 rings (SSSR count). The highest BCUT2D eigenvalue weighted by molar-refractivity contribution is 6.04. The van der Waals surface area contributed by atoms with Crippen molar-refractivity contribution >= 4 is 18.4 Å². The molecule has 2 aromatic carbocycles. The summed E-state index contributed by atoms with van der Waals surface area (Å²) in [5.74, 6) is -0.534. The molecular weight excluding hydrogens is 362 g/mol. The van der Waals surface area contributed by atoms with E-state index in [1.807, 2.05) is 4.90 Å².